The van der Waals surface area contributed by atoms with Gasteiger partial charge in [-0.2, -0.15) is 0 Å². The molecule has 1 amide bonds. The number of fused-ring (bicyclic) bond motifs is 1. The summed E-state index contributed by atoms with van der Waals surface area (Å²) in [7, 11) is 0. The van der Waals surface area contributed by atoms with Gasteiger partial charge in [-0.1, -0.05) is 35.9 Å². The molecule has 0 spiro atoms. The molecule has 0 fully saturated rings. The van der Waals surface area contributed by atoms with E-state index in [9.17, 15) is 4.79 Å². The highest BCUT2D eigenvalue weighted by atomic mass is 16.1. The quantitative estimate of drug-likeness (QED) is 0.890. The zero-order chi connectivity index (χ0) is 15.9. The van der Waals surface area contributed by atoms with Gasteiger partial charge in [0.05, 0.1) is 6.04 Å². The van der Waals surface area contributed by atoms with Crippen LogP contribution in [0.4, 0.5) is 5.69 Å². The fraction of sp³-hybridized carbons (Fsp3) is 0.316. The first kappa shape index (κ1) is 14.8. The maximum absolute atomic E-state index is 11.6. The third kappa shape index (κ3) is 2.53. The Labute approximate surface area is 131 Å². The monoisotopic (exact) mass is 294 g/mol. The summed E-state index contributed by atoms with van der Waals surface area (Å²) in [4.78, 5) is 11.6. The van der Waals surface area contributed by atoms with E-state index in [0.717, 1.165) is 34.4 Å². The van der Waals surface area contributed by atoms with E-state index in [1.807, 2.05) is 0 Å². The zero-order valence-corrected chi connectivity index (χ0v) is 13.4. The van der Waals surface area contributed by atoms with Gasteiger partial charge in [0.1, 0.15) is 0 Å². The summed E-state index contributed by atoms with van der Waals surface area (Å²) < 4.78 is 0. The van der Waals surface area contributed by atoms with Crippen molar-refractivity contribution in [3.8, 4) is 0 Å². The number of nitrogens with one attached hydrogen (secondary N) is 1. The van der Waals surface area contributed by atoms with Crippen molar-refractivity contribution in [1.82, 2.24) is 0 Å². The Morgan fingerprint density at radius 2 is 1.73 bits per heavy atom. The van der Waals surface area contributed by atoms with Crippen molar-refractivity contribution in [3.05, 3.63) is 63.7 Å². The first-order chi connectivity index (χ1) is 10.5. The molecule has 1 aliphatic heterocycles. The fourth-order valence-electron chi connectivity index (χ4n) is 3.11. The summed E-state index contributed by atoms with van der Waals surface area (Å²) in [6, 6.07) is 10.4. The molecule has 1 atom stereocenters. The van der Waals surface area contributed by atoms with Gasteiger partial charge in [-0.25, -0.2) is 0 Å². The minimum absolute atomic E-state index is 0.102. The van der Waals surface area contributed by atoms with Crippen molar-refractivity contribution >= 4 is 11.6 Å². The number of carbonyl (C=O) groups excluding carboxylic acids is 1. The summed E-state index contributed by atoms with van der Waals surface area (Å²) in [5.74, 6) is 0.102. The van der Waals surface area contributed by atoms with Gasteiger partial charge < -0.3 is 11.1 Å². The summed E-state index contributed by atoms with van der Waals surface area (Å²) >= 11 is 0. The fourth-order valence-corrected chi connectivity index (χ4v) is 3.11. The standard InChI is InChI=1S/C19H22N2O/c1-11-4-6-14(7-5-11)18(20)16-10-15-8-9-17(22)21-19(15)13(3)12(16)2/h4-7,10,18H,8-9,20H2,1-3H3,(H,21,22). The summed E-state index contributed by atoms with van der Waals surface area (Å²) in [6.45, 7) is 6.22. The average molecular weight is 294 g/mol. The predicted molar refractivity (Wildman–Crippen MR) is 90.1 cm³/mol. The molecule has 0 aliphatic carbocycles. The van der Waals surface area contributed by atoms with Gasteiger partial charge in [-0.15, -0.1) is 0 Å². The molecule has 1 heterocycles. The summed E-state index contributed by atoms with van der Waals surface area (Å²) in [6.07, 6.45) is 1.34. The Morgan fingerprint density at radius 1 is 1.05 bits per heavy atom. The van der Waals surface area contributed by atoms with Crippen LogP contribution in [-0.2, 0) is 11.2 Å². The largest absolute Gasteiger partial charge is 0.326 e. The van der Waals surface area contributed by atoms with Crippen LogP contribution in [0.15, 0.2) is 30.3 Å². The second kappa shape index (κ2) is 5.58. The molecule has 3 rings (SSSR count). The normalized spacial score (nSPS) is 15.2. The van der Waals surface area contributed by atoms with Crippen molar-refractivity contribution in [2.45, 2.75) is 39.7 Å². The molecule has 3 heteroatoms. The molecule has 0 bridgehead atoms. The van der Waals surface area contributed by atoms with Crippen LogP contribution in [0.2, 0.25) is 0 Å². The van der Waals surface area contributed by atoms with Gasteiger partial charge in [0.25, 0.3) is 0 Å². The Balaban J connectivity index is 2.06. The molecule has 22 heavy (non-hydrogen) atoms. The topological polar surface area (TPSA) is 55.1 Å². The van der Waals surface area contributed by atoms with Crippen LogP contribution < -0.4 is 11.1 Å². The number of nitrogens with two attached hydrogens (primary N) is 1. The second-order valence-corrected chi connectivity index (χ2v) is 6.19. The number of carbonyl (C=O) groups is 1. The number of hydrogen-bond donors (Lipinski definition) is 2. The van der Waals surface area contributed by atoms with Crippen molar-refractivity contribution in [1.29, 1.82) is 0 Å². The predicted octanol–water partition coefficient (Wildman–Crippen LogP) is 3.54. The third-order valence-corrected chi connectivity index (χ3v) is 4.68. The Hall–Kier alpha value is -2.13. The Kier molecular flexibility index (Phi) is 3.75. The number of aryl methyl sites for hydroxylation is 2. The summed E-state index contributed by atoms with van der Waals surface area (Å²) in [5, 5.41) is 3.00. The molecular weight excluding hydrogens is 272 g/mol. The summed E-state index contributed by atoms with van der Waals surface area (Å²) in [5.41, 5.74) is 14.5. The molecule has 2 aromatic carbocycles. The van der Waals surface area contributed by atoms with Gasteiger partial charge in [-0.3, -0.25) is 4.79 Å². The third-order valence-electron chi connectivity index (χ3n) is 4.68. The van der Waals surface area contributed by atoms with E-state index in [4.69, 9.17) is 5.73 Å². The van der Waals surface area contributed by atoms with Gasteiger partial charge in [0, 0.05) is 12.1 Å². The van der Waals surface area contributed by atoms with E-state index in [0.29, 0.717) is 6.42 Å². The van der Waals surface area contributed by atoms with Crippen molar-refractivity contribution in [2.24, 2.45) is 5.73 Å². The van der Waals surface area contributed by atoms with Crippen molar-refractivity contribution in [3.63, 3.8) is 0 Å². The molecule has 1 unspecified atom stereocenters. The first-order valence-corrected chi connectivity index (χ1v) is 7.72. The minimum Gasteiger partial charge on any atom is -0.326 e. The number of benzene rings is 2. The molecular formula is C19H22N2O. The Bertz CT molecular complexity index is 732. The van der Waals surface area contributed by atoms with Crippen LogP contribution in [0.3, 0.4) is 0 Å². The highest BCUT2D eigenvalue weighted by Crippen LogP contribution is 2.34. The van der Waals surface area contributed by atoms with E-state index < -0.39 is 0 Å². The molecule has 3 nitrogen and oxygen atoms in total. The molecule has 0 aromatic heterocycles. The van der Waals surface area contributed by atoms with E-state index >= 15 is 0 Å². The maximum Gasteiger partial charge on any atom is 0.224 e. The van der Waals surface area contributed by atoms with E-state index in [1.54, 1.807) is 0 Å². The number of anilines is 1. The van der Waals surface area contributed by atoms with Crippen LogP contribution in [0.1, 0.15) is 45.8 Å². The molecule has 0 saturated carbocycles. The van der Waals surface area contributed by atoms with Crippen LogP contribution >= 0.6 is 0 Å². The lowest BCUT2D eigenvalue weighted by Crippen LogP contribution is -2.22. The van der Waals surface area contributed by atoms with Crippen LogP contribution in [0.5, 0.6) is 0 Å². The molecule has 2 aromatic rings. The maximum atomic E-state index is 11.6. The molecule has 114 valence electrons. The smallest absolute Gasteiger partial charge is 0.224 e. The van der Waals surface area contributed by atoms with Gasteiger partial charge in [-0.05, 0) is 55.0 Å². The lowest BCUT2D eigenvalue weighted by atomic mass is 9.87. The van der Waals surface area contributed by atoms with E-state index in [1.165, 1.54) is 11.1 Å². The lowest BCUT2D eigenvalue weighted by molar-refractivity contribution is -0.116. The van der Waals surface area contributed by atoms with Crippen LogP contribution in [0.25, 0.3) is 0 Å². The number of hydrogen-bond acceptors (Lipinski definition) is 2. The van der Waals surface area contributed by atoms with Crippen LogP contribution in [-0.4, -0.2) is 5.91 Å². The van der Waals surface area contributed by atoms with Gasteiger partial charge in [0.15, 0.2) is 0 Å². The zero-order valence-electron chi connectivity index (χ0n) is 13.4. The van der Waals surface area contributed by atoms with Gasteiger partial charge >= 0.3 is 0 Å². The number of rotatable bonds is 2. The van der Waals surface area contributed by atoms with Gasteiger partial charge in [0.2, 0.25) is 5.91 Å². The lowest BCUT2D eigenvalue weighted by Gasteiger charge is -2.25. The van der Waals surface area contributed by atoms with Crippen molar-refractivity contribution in [2.75, 3.05) is 5.32 Å². The first-order valence-electron chi connectivity index (χ1n) is 7.72. The van der Waals surface area contributed by atoms with Crippen LogP contribution in [0, 0.1) is 20.8 Å². The molecule has 0 saturated heterocycles. The van der Waals surface area contributed by atoms with Crippen molar-refractivity contribution < 1.29 is 4.79 Å². The highest BCUT2D eigenvalue weighted by molar-refractivity contribution is 5.95. The van der Waals surface area contributed by atoms with E-state index in [2.05, 4.69) is 56.4 Å². The molecule has 1 aliphatic rings. The highest BCUT2D eigenvalue weighted by Gasteiger charge is 2.22. The molecule has 3 N–H and O–H groups in total. The minimum atomic E-state index is -0.137. The molecule has 0 radical (unpaired) electrons. The average Bonchev–Trinajstić information content (AvgIpc) is 2.51. The SMILES string of the molecule is Cc1ccc(C(N)c2cc3c(c(C)c2C)NC(=O)CC3)cc1. The van der Waals surface area contributed by atoms with E-state index in [-0.39, 0.29) is 11.9 Å². The number of amides is 1. The second-order valence-electron chi connectivity index (χ2n) is 6.19. The Morgan fingerprint density at radius 3 is 2.41 bits per heavy atom.